The molecule has 4 N–H and O–H groups in total. The molecule has 15 heavy (non-hydrogen) atoms. The van der Waals surface area contributed by atoms with Crippen LogP contribution in [0.15, 0.2) is 12.2 Å². The summed E-state index contributed by atoms with van der Waals surface area (Å²) in [5.41, 5.74) is 10.1. The zero-order chi connectivity index (χ0) is 11.4. The van der Waals surface area contributed by atoms with Crippen LogP contribution in [0.5, 0.6) is 0 Å². The second-order valence-corrected chi connectivity index (χ2v) is 4.76. The predicted octanol–water partition coefficient (Wildman–Crippen LogP) is -0.693. The van der Waals surface area contributed by atoms with Gasteiger partial charge in [0.2, 0.25) is 0 Å². The van der Waals surface area contributed by atoms with Gasteiger partial charge in [0.1, 0.15) is 0 Å². The van der Waals surface area contributed by atoms with Gasteiger partial charge in [0.25, 0.3) is 0 Å². The van der Waals surface area contributed by atoms with Crippen LogP contribution < -0.4 is 11.5 Å². The standard InChI is InChI=1S/C10H14N2O3/c1-9(11)3-4-10(2,12)6-5(9)7(13)15-8(6)14/h3-6H,11-12H2,1-2H3. The average Bonchev–Trinajstić information content (AvgIpc) is 2.38. The number of hydrogen-bond acceptors (Lipinski definition) is 5. The van der Waals surface area contributed by atoms with Crippen molar-refractivity contribution in [3.8, 4) is 0 Å². The lowest BCUT2D eigenvalue weighted by atomic mass is 9.66. The Morgan fingerprint density at radius 1 is 1.07 bits per heavy atom. The van der Waals surface area contributed by atoms with E-state index < -0.39 is 34.9 Å². The highest BCUT2D eigenvalue weighted by Crippen LogP contribution is 2.42. The molecule has 1 aliphatic carbocycles. The van der Waals surface area contributed by atoms with E-state index >= 15 is 0 Å². The second-order valence-electron chi connectivity index (χ2n) is 4.76. The first-order chi connectivity index (χ1) is 6.76. The maximum absolute atomic E-state index is 11.5. The summed E-state index contributed by atoms with van der Waals surface area (Å²) in [7, 11) is 0. The van der Waals surface area contributed by atoms with E-state index in [9.17, 15) is 9.59 Å². The van der Waals surface area contributed by atoms with E-state index in [1.807, 2.05) is 0 Å². The van der Waals surface area contributed by atoms with Gasteiger partial charge in [-0.05, 0) is 13.8 Å². The molecule has 82 valence electrons. The Balaban J connectivity index is 2.54. The number of fused-ring (bicyclic) bond motifs is 1. The van der Waals surface area contributed by atoms with E-state index in [1.165, 1.54) is 0 Å². The Labute approximate surface area is 87.4 Å². The first-order valence-electron chi connectivity index (χ1n) is 4.79. The lowest BCUT2D eigenvalue weighted by molar-refractivity contribution is -0.154. The molecule has 5 nitrogen and oxygen atoms in total. The Morgan fingerprint density at radius 3 is 1.73 bits per heavy atom. The van der Waals surface area contributed by atoms with Gasteiger partial charge in [-0.1, -0.05) is 12.2 Å². The molecule has 0 saturated carbocycles. The van der Waals surface area contributed by atoms with Gasteiger partial charge in [-0.15, -0.1) is 0 Å². The van der Waals surface area contributed by atoms with Gasteiger partial charge >= 0.3 is 11.9 Å². The molecule has 0 aromatic heterocycles. The third-order valence-corrected chi connectivity index (χ3v) is 3.18. The van der Waals surface area contributed by atoms with Gasteiger partial charge in [-0.3, -0.25) is 9.59 Å². The average molecular weight is 210 g/mol. The van der Waals surface area contributed by atoms with Crippen LogP contribution >= 0.6 is 0 Å². The fourth-order valence-corrected chi connectivity index (χ4v) is 2.29. The second kappa shape index (κ2) is 2.68. The first kappa shape index (κ1) is 10.3. The molecule has 2 rings (SSSR count). The van der Waals surface area contributed by atoms with Crippen molar-refractivity contribution in [2.75, 3.05) is 0 Å². The Morgan fingerprint density at radius 2 is 1.40 bits per heavy atom. The third kappa shape index (κ3) is 1.31. The highest BCUT2D eigenvalue weighted by Gasteiger charge is 2.59. The van der Waals surface area contributed by atoms with Crippen LogP contribution in [0, 0.1) is 11.8 Å². The van der Waals surface area contributed by atoms with Crippen LogP contribution in [-0.2, 0) is 14.3 Å². The van der Waals surface area contributed by atoms with Crippen LogP contribution in [0.25, 0.3) is 0 Å². The molecule has 0 aromatic carbocycles. The molecule has 1 saturated heterocycles. The van der Waals surface area contributed by atoms with Crippen molar-refractivity contribution < 1.29 is 14.3 Å². The van der Waals surface area contributed by atoms with E-state index in [-0.39, 0.29) is 0 Å². The number of carbonyl (C=O) groups excluding carboxylic acids is 2. The van der Waals surface area contributed by atoms with Gasteiger partial charge in [0.05, 0.1) is 11.8 Å². The summed E-state index contributed by atoms with van der Waals surface area (Å²) in [5.74, 6) is -2.50. The lowest BCUT2D eigenvalue weighted by Gasteiger charge is -2.40. The molecule has 2 aliphatic rings. The molecule has 0 bridgehead atoms. The number of esters is 2. The summed E-state index contributed by atoms with van der Waals surface area (Å²) < 4.78 is 4.60. The SMILES string of the molecule is CC1(N)C=CC(C)(N)C2C(=O)OC(=O)C21. The van der Waals surface area contributed by atoms with E-state index in [2.05, 4.69) is 4.74 Å². The summed E-state index contributed by atoms with van der Waals surface area (Å²) in [6.07, 6.45) is 3.35. The molecule has 0 amide bonds. The highest BCUT2D eigenvalue weighted by molar-refractivity contribution is 5.99. The number of rotatable bonds is 0. The van der Waals surface area contributed by atoms with E-state index in [0.717, 1.165) is 0 Å². The number of carbonyl (C=O) groups is 2. The van der Waals surface area contributed by atoms with Crippen molar-refractivity contribution in [3.63, 3.8) is 0 Å². The quantitative estimate of drug-likeness (QED) is 0.313. The minimum atomic E-state index is -0.868. The maximum atomic E-state index is 11.5. The normalized spacial score (nSPS) is 49.1. The van der Waals surface area contributed by atoms with Crippen molar-refractivity contribution in [3.05, 3.63) is 12.2 Å². The number of ether oxygens (including phenoxy) is 1. The predicted molar refractivity (Wildman–Crippen MR) is 52.4 cm³/mol. The summed E-state index contributed by atoms with van der Waals surface area (Å²) in [4.78, 5) is 23.0. The Kier molecular flexibility index (Phi) is 1.84. The van der Waals surface area contributed by atoms with Crippen molar-refractivity contribution in [1.82, 2.24) is 0 Å². The van der Waals surface area contributed by atoms with Gasteiger partial charge in [-0.25, -0.2) is 0 Å². The minimum Gasteiger partial charge on any atom is -0.393 e. The third-order valence-electron chi connectivity index (χ3n) is 3.18. The molecule has 1 heterocycles. The Bertz CT molecular complexity index is 337. The monoisotopic (exact) mass is 210 g/mol. The van der Waals surface area contributed by atoms with E-state index in [1.54, 1.807) is 26.0 Å². The van der Waals surface area contributed by atoms with Crippen molar-refractivity contribution in [2.24, 2.45) is 23.3 Å². The van der Waals surface area contributed by atoms with Crippen molar-refractivity contribution >= 4 is 11.9 Å². The number of nitrogens with two attached hydrogens (primary N) is 2. The van der Waals surface area contributed by atoms with Crippen molar-refractivity contribution in [2.45, 2.75) is 24.9 Å². The molecule has 5 heteroatoms. The largest absolute Gasteiger partial charge is 0.393 e. The summed E-state index contributed by atoms with van der Waals surface area (Å²) in [6, 6.07) is 0. The fourth-order valence-electron chi connectivity index (χ4n) is 2.29. The minimum absolute atomic E-state index is 0.573. The number of cyclic esters (lactones) is 2. The lowest BCUT2D eigenvalue weighted by Crippen LogP contribution is -2.59. The highest BCUT2D eigenvalue weighted by atomic mass is 16.6. The molecule has 0 spiro atoms. The molecular formula is C10H14N2O3. The molecule has 4 unspecified atom stereocenters. The maximum Gasteiger partial charge on any atom is 0.319 e. The topological polar surface area (TPSA) is 95.4 Å². The van der Waals surface area contributed by atoms with Gasteiger partial charge in [-0.2, -0.15) is 0 Å². The van der Waals surface area contributed by atoms with Crippen LogP contribution in [0.4, 0.5) is 0 Å². The van der Waals surface area contributed by atoms with Gasteiger partial charge < -0.3 is 16.2 Å². The molecular weight excluding hydrogens is 196 g/mol. The Hall–Kier alpha value is -1.20. The van der Waals surface area contributed by atoms with E-state index in [0.29, 0.717) is 0 Å². The van der Waals surface area contributed by atoms with Crippen LogP contribution in [0.2, 0.25) is 0 Å². The summed E-state index contributed by atoms with van der Waals surface area (Å²) in [5, 5.41) is 0. The molecule has 1 aliphatic heterocycles. The van der Waals surface area contributed by atoms with Crippen molar-refractivity contribution in [1.29, 1.82) is 0 Å². The molecule has 4 atom stereocenters. The zero-order valence-corrected chi connectivity index (χ0v) is 8.69. The molecule has 1 fully saturated rings. The van der Waals surface area contributed by atoms with Crippen LogP contribution in [0.3, 0.4) is 0 Å². The van der Waals surface area contributed by atoms with Gasteiger partial charge in [0.15, 0.2) is 0 Å². The smallest absolute Gasteiger partial charge is 0.319 e. The summed E-state index contributed by atoms with van der Waals surface area (Å²) in [6.45, 7) is 3.38. The van der Waals surface area contributed by atoms with Gasteiger partial charge in [0, 0.05) is 11.1 Å². The first-order valence-corrected chi connectivity index (χ1v) is 4.79. The number of hydrogen-bond donors (Lipinski definition) is 2. The van der Waals surface area contributed by atoms with Crippen LogP contribution in [0.1, 0.15) is 13.8 Å². The van der Waals surface area contributed by atoms with E-state index in [4.69, 9.17) is 11.5 Å². The summed E-state index contributed by atoms with van der Waals surface area (Å²) >= 11 is 0. The zero-order valence-electron chi connectivity index (χ0n) is 8.69. The molecule has 0 radical (unpaired) electrons. The molecule has 0 aromatic rings. The fraction of sp³-hybridized carbons (Fsp3) is 0.600. The van der Waals surface area contributed by atoms with Crippen LogP contribution in [-0.4, -0.2) is 23.0 Å².